The molecule has 0 unspecified atom stereocenters. The number of carbonyl (C=O) groups is 1. The van der Waals surface area contributed by atoms with E-state index in [4.69, 9.17) is 5.11 Å². The zero-order valence-corrected chi connectivity index (χ0v) is 11.3. The molecule has 0 aliphatic carbocycles. The molecule has 0 amide bonds. The van der Waals surface area contributed by atoms with Gasteiger partial charge in [0.15, 0.2) is 0 Å². The SMILES string of the molecule is O=C(O)c1ccc2[nH]c(=O)c(=O)n(N3CCCCC3)c2c1. The zero-order valence-electron chi connectivity index (χ0n) is 11.3. The van der Waals surface area contributed by atoms with Gasteiger partial charge < -0.3 is 15.1 Å². The minimum atomic E-state index is -1.07. The molecule has 1 fully saturated rings. The molecule has 0 radical (unpaired) electrons. The van der Waals surface area contributed by atoms with Crippen LogP contribution in [0.2, 0.25) is 0 Å². The number of aromatic carboxylic acids is 1. The first kappa shape index (κ1) is 13.4. The predicted octanol–water partition coefficient (Wildman–Crippen LogP) is 0.510. The zero-order chi connectivity index (χ0) is 15.0. The molecule has 0 spiro atoms. The number of hydrogen-bond acceptors (Lipinski definition) is 4. The van der Waals surface area contributed by atoms with Crippen molar-refractivity contribution in [2.75, 3.05) is 18.1 Å². The highest BCUT2D eigenvalue weighted by Gasteiger charge is 2.17. The van der Waals surface area contributed by atoms with Gasteiger partial charge in [-0.2, -0.15) is 0 Å². The van der Waals surface area contributed by atoms with Crippen LogP contribution in [0, 0.1) is 0 Å². The Morgan fingerprint density at radius 2 is 1.86 bits per heavy atom. The van der Waals surface area contributed by atoms with E-state index >= 15 is 0 Å². The van der Waals surface area contributed by atoms with Crippen LogP contribution in [0.1, 0.15) is 29.6 Å². The van der Waals surface area contributed by atoms with Crippen LogP contribution in [-0.4, -0.2) is 33.8 Å². The van der Waals surface area contributed by atoms with Crippen molar-refractivity contribution in [2.45, 2.75) is 19.3 Å². The lowest BCUT2D eigenvalue weighted by Gasteiger charge is -2.30. The lowest BCUT2D eigenvalue weighted by Crippen LogP contribution is -2.50. The van der Waals surface area contributed by atoms with Crippen molar-refractivity contribution in [3.63, 3.8) is 0 Å². The summed E-state index contributed by atoms with van der Waals surface area (Å²) in [6.07, 6.45) is 2.98. The fourth-order valence-corrected chi connectivity index (χ4v) is 2.68. The van der Waals surface area contributed by atoms with E-state index in [9.17, 15) is 14.4 Å². The molecular formula is C14H15N3O4. The second kappa shape index (κ2) is 5.08. The van der Waals surface area contributed by atoms with Crippen molar-refractivity contribution in [3.05, 3.63) is 44.5 Å². The number of fused-ring (bicyclic) bond motifs is 1. The number of carboxylic acids is 1. The number of H-pyrrole nitrogens is 1. The van der Waals surface area contributed by atoms with E-state index in [0.717, 1.165) is 19.3 Å². The molecule has 2 N–H and O–H groups in total. The number of hydrogen-bond donors (Lipinski definition) is 2. The average Bonchev–Trinajstić information content (AvgIpc) is 2.49. The summed E-state index contributed by atoms with van der Waals surface area (Å²) in [6, 6.07) is 4.34. The number of aromatic amines is 1. The summed E-state index contributed by atoms with van der Waals surface area (Å²) in [5.74, 6) is -1.07. The lowest BCUT2D eigenvalue weighted by atomic mass is 10.1. The van der Waals surface area contributed by atoms with Crippen LogP contribution in [0.15, 0.2) is 27.8 Å². The maximum Gasteiger partial charge on any atom is 0.335 e. The Morgan fingerprint density at radius 1 is 1.14 bits per heavy atom. The molecule has 110 valence electrons. The first-order chi connectivity index (χ1) is 10.1. The number of aromatic nitrogens is 2. The molecule has 1 aromatic carbocycles. The lowest BCUT2D eigenvalue weighted by molar-refractivity contribution is 0.0697. The molecule has 0 bridgehead atoms. The highest BCUT2D eigenvalue weighted by molar-refractivity contribution is 5.92. The monoisotopic (exact) mass is 289 g/mol. The van der Waals surface area contributed by atoms with Crippen LogP contribution in [-0.2, 0) is 0 Å². The minimum Gasteiger partial charge on any atom is -0.478 e. The molecular weight excluding hydrogens is 274 g/mol. The van der Waals surface area contributed by atoms with E-state index in [2.05, 4.69) is 4.98 Å². The second-order valence-corrected chi connectivity index (χ2v) is 5.12. The average molecular weight is 289 g/mol. The number of carboxylic acid groups (broad SMARTS) is 1. The molecule has 1 aliphatic heterocycles. The third kappa shape index (κ3) is 2.31. The summed E-state index contributed by atoms with van der Waals surface area (Å²) in [5, 5.41) is 10.9. The summed E-state index contributed by atoms with van der Waals surface area (Å²) >= 11 is 0. The van der Waals surface area contributed by atoms with E-state index in [1.807, 2.05) is 5.01 Å². The number of benzene rings is 1. The van der Waals surface area contributed by atoms with Crippen molar-refractivity contribution in [1.82, 2.24) is 9.66 Å². The van der Waals surface area contributed by atoms with Gasteiger partial charge in [0, 0.05) is 13.1 Å². The van der Waals surface area contributed by atoms with Gasteiger partial charge >= 0.3 is 17.1 Å². The minimum absolute atomic E-state index is 0.0831. The van der Waals surface area contributed by atoms with Gasteiger partial charge in [0.05, 0.1) is 16.6 Å². The Hall–Kier alpha value is -2.57. The van der Waals surface area contributed by atoms with E-state index in [1.165, 1.54) is 22.9 Å². The van der Waals surface area contributed by atoms with E-state index in [1.54, 1.807) is 0 Å². The summed E-state index contributed by atoms with van der Waals surface area (Å²) in [5.41, 5.74) is -0.417. The Morgan fingerprint density at radius 3 is 2.52 bits per heavy atom. The van der Waals surface area contributed by atoms with E-state index in [-0.39, 0.29) is 5.56 Å². The number of piperidine rings is 1. The van der Waals surface area contributed by atoms with Crippen LogP contribution in [0.5, 0.6) is 0 Å². The van der Waals surface area contributed by atoms with Gasteiger partial charge in [-0.1, -0.05) is 0 Å². The topological polar surface area (TPSA) is 95.4 Å². The van der Waals surface area contributed by atoms with Crippen molar-refractivity contribution in [3.8, 4) is 0 Å². The molecule has 7 heteroatoms. The van der Waals surface area contributed by atoms with Crippen LogP contribution < -0.4 is 16.1 Å². The quantitative estimate of drug-likeness (QED) is 0.785. The largest absolute Gasteiger partial charge is 0.478 e. The normalized spacial score (nSPS) is 15.3. The Labute approximate surface area is 119 Å². The van der Waals surface area contributed by atoms with Crippen LogP contribution in [0.4, 0.5) is 0 Å². The number of nitrogens with one attached hydrogen (secondary N) is 1. The van der Waals surface area contributed by atoms with Gasteiger partial charge in [-0.25, -0.2) is 9.47 Å². The molecule has 21 heavy (non-hydrogen) atoms. The van der Waals surface area contributed by atoms with Gasteiger partial charge in [0.2, 0.25) is 0 Å². The fraction of sp³-hybridized carbons (Fsp3) is 0.357. The van der Waals surface area contributed by atoms with Crippen LogP contribution in [0.25, 0.3) is 11.0 Å². The smallest absolute Gasteiger partial charge is 0.335 e. The standard InChI is InChI=1S/C14H15N3O4/c18-12-13(19)17(16-6-2-1-3-7-16)11-8-9(14(20)21)4-5-10(11)15-12/h4-5,8H,1-3,6-7H2,(H,15,18)(H,20,21). The highest BCUT2D eigenvalue weighted by Crippen LogP contribution is 2.14. The van der Waals surface area contributed by atoms with Crippen molar-refractivity contribution in [2.24, 2.45) is 0 Å². The summed E-state index contributed by atoms with van der Waals surface area (Å²) in [6.45, 7) is 1.35. The third-order valence-corrected chi connectivity index (χ3v) is 3.72. The first-order valence-electron chi connectivity index (χ1n) is 6.85. The fourth-order valence-electron chi connectivity index (χ4n) is 2.68. The highest BCUT2D eigenvalue weighted by atomic mass is 16.4. The van der Waals surface area contributed by atoms with E-state index in [0.29, 0.717) is 24.1 Å². The number of rotatable bonds is 2. The summed E-state index contributed by atoms with van der Waals surface area (Å²) in [4.78, 5) is 37.6. The van der Waals surface area contributed by atoms with Gasteiger partial charge in [-0.3, -0.25) is 9.59 Å². The van der Waals surface area contributed by atoms with E-state index < -0.39 is 17.1 Å². The maximum absolute atomic E-state index is 12.2. The molecule has 2 heterocycles. The molecule has 1 saturated heterocycles. The molecule has 3 rings (SSSR count). The molecule has 2 aromatic rings. The van der Waals surface area contributed by atoms with Crippen LogP contribution in [0.3, 0.4) is 0 Å². The van der Waals surface area contributed by atoms with Crippen molar-refractivity contribution < 1.29 is 9.90 Å². The maximum atomic E-state index is 12.2. The molecule has 0 saturated carbocycles. The predicted molar refractivity (Wildman–Crippen MR) is 77.6 cm³/mol. The van der Waals surface area contributed by atoms with Gasteiger partial charge in [0.1, 0.15) is 0 Å². The third-order valence-electron chi connectivity index (χ3n) is 3.72. The van der Waals surface area contributed by atoms with Gasteiger partial charge in [0.25, 0.3) is 0 Å². The molecule has 7 nitrogen and oxygen atoms in total. The van der Waals surface area contributed by atoms with Crippen molar-refractivity contribution >= 4 is 17.0 Å². The summed E-state index contributed by atoms with van der Waals surface area (Å²) in [7, 11) is 0. The molecule has 1 aliphatic rings. The van der Waals surface area contributed by atoms with Crippen LogP contribution >= 0.6 is 0 Å². The molecule has 1 aromatic heterocycles. The van der Waals surface area contributed by atoms with Gasteiger partial charge in [-0.15, -0.1) is 0 Å². The van der Waals surface area contributed by atoms with Crippen molar-refractivity contribution in [1.29, 1.82) is 0 Å². The molecule has 0 atom stereocenters. The summed E-state index contributed by atoms with van der Waals surface area (Å²) < 4.78 is 1.32. The van der Waals surface area contributed by atoms with Gasteiger partial charge in [-0.05, 0) is 37.5 Å². The first-order valence-corrected chi connectivity index (χ1v) is 6.85. The second-order valence-electron chi connectivity index (χ2n) is 5.12. The Bertz CT molecular complexity index is 815. The Kier molecular flexibility index (Phi) is 3.25. The number of nitrogens with zero attached hydrogens (tertiary/aromatic N) is 2. The Balaban J connectivity index is 2.30.